The number of thioether (sulfide) groups is 1. The van der Waals surface area contributed by atoms with Gasteiger partial charge in [0.25, 0.3) is 0 Å². The predicted molar refractivity (Wildman–Crippen MR) is 80.5 cm³/mol. The van der Waals surface area contributed by atoms with Crippen molar-refractivity contribution in [1.29, 1.82) is 0 Å². The number of ether oxygens (including phenoxy) is 1. The van der Waals surface area contributed by atoms with Crippen molar-refractivity contribution in [3.8, 4) is 0 Å². The van der Waals surface area contributed by atoms with E-state index < -0.39 is 11.5 Å². The molecule has 1 fully saturated rings. The Balaban J connectivity index is 1.79. The van der Waals surface area contributed by atoms with E-state index in [2.05, 4.69) is 5.32 Å². The Morgan fingerprint density at radius 2 is 2.10 bits per heavy atom. The third kappa shape index (κ3) is 4.22. The number of carboxylic acids is 1. The molecule has 114 valence electrons. The molecule has 6 heteroatoms. The average Bonchev–Trinajstić information content (AvgIpc) is 2.91. The van der Waals surface area contributed by atoms with E-state index in [0.29, 0.717) is 18.8 Å². The molecule has 1 aromatic rings. The molecule has 1 heterocycles. The monoisotopic (exact) mass is 309 g/mol. The number of rotatable bonds is 6. The van der Waals surface area contributed by atoms with E-state index >= 15 is 0 Å². The van der Waals surface area contributed by atoms with Gasteiger partial charge in [0.15, 0.2) is 5.54 Å². The summed E-state index contributed by atoms with van der Waals surface area (Å²) >= 11 is 1.58. The van der Waals surface area contributed by atoms with Gasteiger partial charge in [-0.2, -0.15) is 0 Å². The molecule has 1 aromatic carbocycles. The molecule has 1 aliphatic heterocycles. The fourth-order valence-electron chi connectivity index (χ4n) is 2.11. The van der Waals surface area contributed by atoms with Gasteiger partial charge in [-0.3, -0.25) is 4.79 Å². The van der Waals surface area contributed by atoms with Crippen LogP contribution in [-0.2, 0) is 14.3 Å². The minimum atomic E-state index is -1.24. The van der Waals surface area contributed by atoms with Gasteiger partial charge < -0.3 is 15.2 Å². The molecule has 1 aliphatic rings. The molecule has 2 rings (SSSR count). The molecule has 0 bridgehead atoms. The first-order valence-corrected chi connectivity index (χ1v) is 7.82. The quantitative estimate of drug-likeness (QED) is 0.784. The minimum Gasteiger partial charge on any atom is -0.479 e. The lowest BCUT2D eigenvalue weighted by Gasteiger charge is -2.23. The molecule has 21 heavy (non-hydrogen) atoms. The second kappa shape index (κ2) is 6.95. The molecule has 0 saturated carbocycles. The molecule has 0 aliphatic carbocycles. The Kier molecular flexibility index (Phi) is 5.25. The molecule has 1 saturated heterocycles. The third-order valence-electron chi connectivity index (χ3n) is 3.43. The van der Waals surface area contributed by atoms with Gasteiger partial charge in [-0.05, 0) is 19.1 Å². The van der Waals surface area contributed by atoms with E-state index in [1.807, 2.05) is 31.2 Å². The summed E-state index contributed by atoms with van der Waals surface area (Å²) in [7, 11) is 0. The smallest absolute Gasteiger partial charge is 0.331 e. The number of amides is 1. The van der Waals surface area contributed by atoms with Crippen LogP contribution in [0.3, 0.4) is 0 Å². The topological polar surface area (TPSA) is 75.6 Å². The standard InChI is InChI=1S/C15H19NO4S/c1-11-2-4-12(5-3-11)21-9-6-13(17)16-15(14(18)19)7-8-20-10-15/h2-5H,6-10H2,1H3,(H,16,17)(H,18,19). The van der Waals surface area contributed by atoms with E-state index in [9.17, 15) is 14.7 Å². The molecule has 0 aromatic heterocycles. The molecule has 0 radical (unpaired) electrons. The van der Waals surface area contributed by atoms with Crippen molar-refractivity contribution in [3.05, 3.63) is 29.8 Å². The largest absolute Gasteiger partial charge is 0.479 e. The van der Waals surface area contributed by atoms with Gasteiger partial charge in [0.05, 0.1) is 6.61 Å². The highest BCUT2D eigenvalue weighted by Gasteiger charge is 2.43. The van der Waals surface area contributed by atoms with Crippen LogP contribution in [0.15, 0.2) is 29.2 Å². The highest BCUT2D eigenvalue weighted by Crippen LogP contribution is 2.21. The summed E-state index contributed by atoms with van der Waals surface area (Å²) in [5.41, 5.74) is -0.0484. The maximum Gasteiger partial charge on any atom is 0.331 e. The number of aryl methyl sites for hydroxylation is 1. The Bertz CT molecular complexity index is 509. The number of nitrogens with one attached hydrogen (secondary N) is 1. The zero-order chi connectivity index (χ0) is 15.3. The molecule has 0 spiro atoms. The van der Waals surface area contributed by atoms with Crippen molar-refractivity contribution in [2.24, 2.45) is 0 Å². The molecule has 1 atom stereocenters. The van der Waals surface area contributed by atoms with Gasteiger partial charge in [-0.15, -0.1) is 11.8 Å². The van der Waals surface area contributed by atoms with E-state index in [-0.39, 0.29) is 18.9 Å². The second-order valence-corrected chi connectivity index (χ2v) is 6.32. The van der Waals surface area contributed by atoms with Crippen LogP contribution in [0.1, 0.15) is 18.4 Å². The number of carbonyl (C=O) groups is 2. The van der Waals surface area contributed by atoms with Crippen molar-refractivity contribution in [2.75, 3.05) is 19.0 Å². The summed E-state index contributed by atoms with van der Waals surface area (Å²) in [4.78, 5) is 24.3. The van der Waals surface area contributed by atoms with Gasteiger partial charge >= 0.3 is 5.97 Å². The Hall–Kier alpha value is -1.53. The van der Waals surface area contributed by atoms with Gasteiger partial charge in [0, 0.05) is 30.1 Å². The fraction of sp³-hybridized carbons (Fsp3) is 0.467. The summed E-state index contributed by atoms with van der Waals surface area (Å²) in [6, 6.07) is 8.08. The summed E-state index contributed by atoms with van der Waals surface area (Å²) < 4.78 is 5.11. The number of hydrogen-bond donors (Lipinski definition) is 2. The van der Waals surface area contributed by atoms with Crippen LogP contribution in [0.25, 0.3) is 0 Å². The van der Waals surface area contributed by atoms with Crippen molar-refractivity contribution in [2.45, 2.75) is 30.2 Å². The molecule has 1 unspecified atom stereocenters. The first-order chi connectivity index (χ1) is 10.0. The van der Waals surface area contributed by atoms with Crippen LogP contribution in [0, 0.1) is 6.92 Å². The van der Waals surface area contributed by atoms with Crippen LogP contribution < -0.4 is 5.32 Å². The zero-order valence-corrected chi connectivity index (χ0v) is 12.7. The highest BCUT2D eigenvalue weighted by atomic mass is 32.2. The molecular weight excluding hydrogens is 290 g/mol. The number of hydrogen-bond acceptors (Lipinski definition) is 4. The first kappa shape index (κ1) is 15.9. The number of aliphatic carboxylic acids is 1. The summed E-state index contributed by atoms with van der Waals surface area (Å²) in [5, 5.41) is 11.9. The maximum absolute atomic E-state index is 11.9. The molecule has 2 N–H and O–H groups in total. The lowest BCUT2D eigenvalue weighted by atomic mass is 9.99. The summed E-state index contributed by atoms with van der Waals surface area (Å²) in [6.07, 6.45) is 0.604. The van der Waals surface area contributed by atoms with Gasteiger partial charge in [0.1, 0.15) is 0 Å². The number of carbonyl (C=O) groups excluding carboxylic acids is 1. The van der Waals surface area contributed by atoms with Gasteiger partial charge in [-0.25, -0.2) is 4.79 Å². The van der Waals surface area contributed by atoms with Crippen LogP contribution in [0.4, 0.5) is 0 Å². The summed E-state index contributed by atoms with van der Waals surface area (Å²) in [6.45, 7) is 2.43. The third-order valence-corrected chi connectivity index (χ3v) is 4.44. The van der Waals surface area contributed by atoms with Crippen LogP contribution in [0.2, 0.25) is 0 Å². The van der Waals surface area contributed by atoms with E-state index in [0.717, 1.165) is 4.90 Å². The SMILES string of the molecule is Cc1ccc(SCCC(=O)NC2(C(=O)O)CCOC2)cc1. The van der Waals surface area contributed by atoms with Gasteiger partial charge in [0.2, 0.25) is 5.91 Å². The lowest BCUT2D eigenvalue weighted by molar-refractivity contribution is -0.147. The normalized spacial score (nSPS) is 21.2. The van der Waals surface area contributed by atoms with Crippen LogP contribution in [-0.4, -0.2) is 41.5 Å². The minimum absolute atomic E-state index is 0.0409. The van der Waals surface area contributed by atoms with E-state index in [4.69, 9.17) is 4.74 Å². The first-order valence-electron chi connectivity index (χ1n) is 6.83. The Labute approximate surface area is 128 Å². The van der Waals surface area contributed by atoms with E-state index in [1.54, 1.807) is 11.8 Å². The summed E-state index contributed by atoms with van der Waals surface area (Å²) in [5.74, 6) is -0.659. The van der Waals surface area contributed by atoms with Crippen LogP contribution >= 0.6 is 11.8 Å². The van der Waals surface area contributed by atoms with Crippen molar-refractivity contribution in [3.63, 3.8) is 0 Å². The highest BCUT2D eigenvalue weighted by molar-refractivity contribution is 7.99. The van der Waals surface area contributed by atoms with Crippen LogP contribution in [0.5, 0.6) is 0 Å². The zero-order valence-electron chi connectivity index (χ0n) is 11.9. The number of carboxylic acid groups (broad SMARTS) is 1. The van der Waals surface area contributed by atoms with Crippen molar-refractivity contribution < 1.29 is 19.4 Å². The fourth-order valence-corrected chi connectivity index (χ4v) is 2.96. The Morgan fingerprint density at radius 3 is 2.67 bits per heavy atom. The average molecular weight is 309 g/mol. The number of benzene rings is 1. The van der Waals surface area contributed by atoms with Crippen molar-refractivity contribution in [1.82, 2.24) is 5.32 Å². The molecule has 5 nitrogen and oxygen atoms in total. The van der Waals surface area contributed by atoms with E-state index in [1.165, 1.54) is 5.56 Å². The lowest BCUT2D eigenvalue weighted by Crippen LogP contribution is -2.55. The predicted octanol–water partition coefficient (Wildman–Crippen LogP) is 1.84. The van der Waals surface area contributed by atoms with Gasteiger partial charge in [-0.1, -0.05) is 17.7 Å². The van der Waals surface area contributed by atoms with Crippen molar-refractivity contribution >= 4 is 23.6 Å². The maximum atomic E-state index is 11.9. The molecular formula is C15H19NO4S. The second-order valence-electron chi connectivity index (χ2n) is 5.15. The molecule has 1 amide bonds. The Morgan fingerprint density at radius 1 is 1.38 bits per heavy atom.